The molecule has 0 unspecified atom stereocenters. The Labute approximate surface area is 166 Å². The number of hydrogen-bond donors (Lipinski definition) is 2. The lowest BCUT2D eigenvalue weighted by atomic mass is 9.97. The van der Waals surface area contributed by atoms with Gasteiger partial charge in [0.1, 0.15) is 0 Å². The predicted molar refractivity (Wildman–Crippen MR) is 107 cm³/mol. The van der Waals surface area contributed by atoms with E-state index in [-0.39, 0.29) is 29.3 Å². The fraction of sp³-hybridized carbons (Fsp3) is 0.600. The third-order valence-corrected chi connectivity index (χ3v) is 7.32. The van der Waals surface area contributed by atoms with Gasteiger partial charge in [-0.15, -0.1) is 0 Å². The number of hydrogen-bond acceptors (Lipinski definition) is 4. The minimum atomic E-state index is -3.78. The van der Waals surface area contributed by atoms with Crippen LogP contribution in [0.2, 0.25) is 0 Å². The standard InChI is InChI=1S/C20H29N3O4S/c1-23(14-20(25)21-16-7-5-3-2-4-6-8-16)28(26,27)17-10-11-18-15(13-17)9-12-19(24)22-18/h10-11,13,16H,2-9,12,14H2,1H3,(H,21,25)(H,22,24). The van der Waals surface area contributed by atoms with E-state index >= 15 is 0 Å². The Morgan fingerprint density at radius 2 is 1.82 bits per heavy atom. The number of sulfonamides is 1. The Bertz CT molecular complexity index is 830. The average molecular weight is 408 g/mol. The Balaban J connectivity index is 1.63. The largest absolute Gasteiger partial charge is 0.352 e. The van der Waals surface area contributed by atoms with E-state index in [1.54, 1.807) is 12.1 Å². The molecule has 1 fully saturated rings. The molecule has 2 amide bonds. The van der Waals surface area contributed by atoms with Crippen molar-refractivity contribution < 1.29 is 18.0 Å². The fourth-order valence-electron chi connectivity index (χ4n) is 3.86. The summed E-state index contributed by atoms with van der Waals surface area (Å²) in [4.78, 5) is 24.0. The summed E-state index contributed by atoms with van der Waals surface area (Å²) in [5.41, 5.74) is 1.45. The van der Waals surface area contributed by atoms with Crippen molar-refractivity contribution in [3.05, 3.63) is 23.8 Å². The Kier molecular flexibility index (Phi) is 6.72. The molecule has 28 heavy (non-hydrogen) atoms. The van der Waals surface area contributed by atoms with E-state index in [9.17, 15) is 18.0 Å². The van der Waals surface area contributed by atoms with Gasteiger partial charge >= 0.3 is 0 Å². The van der Waals surface area contributed by atoms with Crippen molar-refractivity contribution in [3.63, 3.8) is 0 Å². The van der Waals surface area contributed by atoms with Gasteiger partial charge in [-0.05, 0) is 43.0 Å². The lowest BCUT2D eigenvalue weighted by Crippen LogP contribution is -2.43. The minimum Gasteiger partial charge on any atom is -0.352 e. The number of anilines is 1. The first-order valence-electron chi connectivity index (χ1n) is 10.0. The summed E-state index contributed by atoms with van der Waals surface area (Å²) in [5.74, 6) is -0.326. The number of benzene rings is 1. The van der Waals surface area contributed by atoms with Crippen LogP contribution in [0.15, 0.2) is 23.1 Å². The first-order chi connectivity index (χ1) is 13.4. The van der Waals surface area contributed by atoms with Crippen LogP contribution in [0.1, 0.15) is 56.9 Å². The highest BCUT2D eigenvalue weighted by Gasteiger charge is 2.26. The van der Waals surface area contributed by atoms with Crippen LogP contribution in [0, 0.1) is 0 Å². The van der Waals surface area contributed by atoms with E-state index < -0.39 is 10.0 Å². The van der Waals surface area contributed by atoms with Crippen LogP contribution in [-0.4, -0.2) is 44.2 Å². The van der Waals surface area contributed by atoms with Gasteiger partial charge in [0.2, 0.25) is 21.8 Å². The molecule has 1 aliphatic heterocycles. The Hall–Kier alpha value is -1.93. The zero-order chi connectivity index (χ0) is 20.1. The van der Waals surface area contributed by atoms with Crippen LogP contribution < -0.4 is 10.6 Å². The van der Waals surface area contributed by atoms with Crippen molar-refractivity contribution in [1.82, 2.24) is 9.62 Å². The SMILES string of the molecule is CN(CC(=O)NC1CCCCCCC1)S(=O)(=O)c1ccc2c(c1)CCC(=O)N2. The fourth-order valence-corrected chi connectivity index (χ4v) is 5.04. The number of likely N-dealkylation sites (N-methyl/N-ethyl adjacent to an activating group) is 1. The quantitative estimate of drug-likeness (QED) is 0.784. The van der Waals surface area contributed by atoms with Gasteiger partial charge in [0.05, 0.1) is 11.4 Å². The second-order valence-corrected chi connectivity index (χ2v) is 9.78. The number of nitrogens with zero attached hydrogens (tertiary/aromatic N) is 1. The van der Waals surface area contributed by atoms with Gasteiger partial charge < -0.3 is 10.6 Å². The topological polar surface area (TPSA) is 95.6 Å². The zero-order valence-electron chi connectivity index (χ0n) is 16.4. The maximum atomic E-state index is 12.9. The van der Waals surface area contributed by atoms with E-state index in [0.29, 0.717) is 18.5 Å². The Morgan fingerprint density at radius 3 is 2.54 bits per heavy atom. The van der Waals surface area contributed by atoms with E-state index in [0.717, 1.165) is 35.6 Å². The van der Waals surface area contributed by atoms with Crippen LogP contribution >= 0.6 is 0 Å². The molecule has 2 N–H and O–H groups in total. The van der Waals surface area contributed by atoms with Crippen molar-refractivity contribution in [2.75, 3.05) is 18.9 Å². The molecule has 0 atom stereocenters. The summed E-state index contributed by atoms with van der Waals surface area (Å²) < 4.78 is 26.8. The molecule has 1 aliphatic carbocycles. The molecular formula is C20H29N3O4S. The summed E-state index contributed by atoms with van der Waals surface area (Å²) in [6, 6.07) is 4.81. The van der Waals surface area contributed by atoms with Gasteiger partial charge in [0.25, 0.3) is 0 Å². The molecule has 0 saturated heterocycles. The molecule has 1 heterocycles. The molecule has 2 aliphatic rings. The molecule has 0 aromatic heterocycles. The van der Waals surface area contributed by atoms with Gasteiger partial charge in [0.15, 0.2) is 0 Å². The molecule has 1 aromatic carbocycles. The van der Waals surface area contributed by atoms with Crippen molar-refractivity contribution in [2.24, 2.45) is 0 Å². The van der Waals surface area contributed by atoms with Crippen LogP contribution in [-0.2, 0) is 26.0 Å². The van der Waals surface area contributed by atoms with Gasteiger partial charge in [-0.3, -0.25) is 9.59 Å². The molecule has 3 rings (SSSR count). The number of amides is 2. The van der Waals surface area contributed by atoms with E-state index in [2.05, 4.69) is 10.6 Å². The molecule has 1 saturated carbocycles. The zero-order valence-corrected chi connectivity index (χ0v) is 17.2. The van der Waals surface area contributed by atoms with Gasteiger partial charge in [-0.1, -0.05) is 32.1 Å². The van der Waals surface area contributed by atoms with Crippen molar-refractivity contribution >= 4 is 27.5 Å². The summed E-state index contributed by atoms with van der Waals surface area (Å²) in [6.07, 6.45) is 8.62. The molecule has 154 valence electrons. The first kappa shape index (κ1) is 20.8. The summed E-state index contributed by atoms with van der Waals surface area (Å²) >= 11 is 0. The smallest absolute Gasteiger partial charge is 0.243 e. The number of carbonyl (C=O) groups excluding carboxylic acids is 2. The number of carbonyl (C=O) groups is 2. The van der Waals surface area contributed by atoms with Crippen molar-refractivity contribution in [2.45, 2.75) is 68.7 Å². The van der Waals surface area contributed by atoms with Crippen LogP contribution in [0.25, 0.3) is 0 Å². The summed E-state index contributed by atoms with van der Waals surface area (Å²) in [7, 11) is -2.35. The monoisotopic (exact) mass is 407 g/mol. The van der Waals surface area contributed by atoms with Gasteiger partial charge in [-0.2, -0.15) is 4.31 Å². The minimum absolute atomic E-state index is 0.0638. The lowest BCUT2D eigenvalue weighted by Gasteiger charge is -2.23. The van der Waals surface area contributed by atoms with Crippen molar-refractivity contribution in [1.29, 1.82) is 0 Å². The molecule has 0 spiro atoms. The van der Waals surface area contributed by atoms with Crippen LogP contribution in [0.5, 0.6) is 0 Å². The summed E-state index contributed by atoms with van der Waals surface area (Å²) in [5, 5.41) is 5.75. The highest BCUT2D eigenvalue weighted by Crippen LogP contribution is 2.26. The second kappa shape index (κ2) is 9.05. The van der Waals surface area contributed by atoms with Gasteiger partial charge in [-0.25, -0.2) is 8.42 Å². The molecule has 0 radical (unpaired) electrons. The number of fused-ring (bicyclic) bond motifs is 1. The lowest BCUT2D eigenvalue weighted by molar-refractivity contribution is -0.122. The van der Waals surface area contributed by atoms with E-state index in [4.69, 9.17) is 0 Å². The third-order valence-electron chi connectivity index (χ3n) is 5.52. The third kappa shape index (κ3) is 5.11. The molecule has 8 heteroatoms. The second-order valence-electron chi connectivity index (χ2n) is 7.74. The van der Waals surface area contributed by atoms with Crippen molar-refractivity contribution in [3.8, 4) is 0 Å². The highest BCUT2D eigenvalue weighted by molar-refractivity contribution is 7.89. The molecule has 1 aromatic rings. The first-order valence-corrected chi connectivity index (χ1v) is 11.5. The van der Waals surface area contributed by atoms with Crippen LogP contribution in [0.4, 0.5) is 5.69 Å². The maximum absolute atomic E-state index is 12.9. The predicted octanol–water partition coefficient (Wildman–Crippen LogP) is 2.42. The maximum Gasteiger partial charge on any atom is 0.243 e. The molecule has 0 bridgehead atoms. The molecule has 7 nitrogen and oxygen atoms in total. The Morgan fingerprint density at radius 1 is 1.14 bits per heavy atom. The number of nitrogens with one attached hydrogen (secondary N) is 2. The van der Waals surface area contributed by atoms with Crippen LogP contribution in [0.3, 0.4) is 0 Å². The molecular weight excluding hydrogens is 378 g/mol. The average Bonchev–Trinajstić information content (AvgIpc) is 2.63. The van der Waals surface area contributed by atoms with E-state index in [1.165, 1.54) is 32.4 Å². The number of aryl methyl sites for hydroxylation is 1. The van der Waals surface area contributed by atoms with E-state index in [1.807, 2.05) is 0 Å². The number of rotatable bonds is 5. The summed E-state index contributed by atoms with van der Waals surface area (Å²) in [6.45, 7) is -0.202. The normalized spacial score (nSPS) is 18.7. The van der Waals surface area contributed by atoms with Gasteiger partial charge in [0, 0.05) is 25.2 Å². The highest BCUT2D eigenvalue weighted by atomic mass is 32.2.